The molecule has 1 aliphatic heterocycles. The maximum Gasteiger partial charge on any atom is 0.106 e. The third-order valence-electron chi connectivity index (χ3n) is 5.18. The van der Waals surface area contributed by atoms with Crippen LogP contribution in [0, 0.1) is 11.8 Å². The van der Waals surface area contributed by atoms with Gasteiger partial charge in [0.15, 0.2) is 0 Å². The van der Waals surface area contributed by atoms with Gasteiger partial charge in [0.25, 0.3) is 0 Å². The lowest BCUT2D eigenvalue weighted by Crippen LogP contribution is -2.43. The second-order valence-corrected chi connectivity index (χ2v) is 7.31. The Balaban J connectivity index is 1.60. The molecule has 1 fully saturated rings. The standard InChI is InChI=1S/C22H28N4O/c1-17-4-9-22(14-21(17)15-23-27)24-18(2)20-7-5-19(6-8-20)16-26-12-10-25(3)11-13-26/h4-9,14,24H,2,10-13,15-16H2,1,3H3. The van der Waals surface area contributed by atoms with Crippen LogP contribution in [0.15, 0.2) is 54.2 Å². The fourth-order valence-corrected chi connectivity index (χ4v) is 3.31. The van der Waals surface area contributed by atoms with Crippen molar-refractivity contribution in [2.24, 2.45) is 5.18 Å². The van der Waals surface area contributed by atoms with Gasteiger partial charge < -0.3 is 10.2 Å². The molecule has 0 aromatic heterocycles. The summed E-state index contributed by atoms with van der Waals surface area (Å²) in [5.41, 5.74) is 6.16. The van der Waals surface area contributed by atoms with Crippen molar-refractivity contribution in [1.29, 1.82) is 0 Å². The van der Waals surface area contributed by atoms with Crippen LogP contribution in [-0.4, -0.2) is 43.0 Å². The molecule has 27 heavy (non-hydrogen) atoms. The van der Waals surface area contributed by atoms with E-state index in [1.807, 2.05) is 25.1 Å². The molecule has 1 heterocycles. The molecule has 5 nitrogen and oxygen atoms in total. The lowest BCUT2D eigenvalue weighted by Gasteiger charge is -2.32. The zero-order valence-electron chi connectivity index (χ0n) is 16.2. The van der Waals surface area contributed by atoms with E-state index < -0.39 is 0 Å². The first-order valence-electron chi connectivity index (χ1n) is 9.40. The summed E-state index contributed by atoms with van der Waals surface area (Å²) in [5.74, 6) is 0. The average molecular weight is 364 g/mol. The summed E-state index contributed by atoms with van der Waals surface area (Å²) in [7, 11) is 2.18. The van der Waals surface area contributed by atoms with E-state index in [9.17, 15) is 4.91 Å². The third-order valence-corrected chi connectivity index (χ3v) is 5.18. The number of aryl methyl sites for hydroxylation is 1. The van der Waals surface area contributed by atoms with Crippen molar-refractivity contribution in [2.45, 2.75) is 20.0 Å². The Labute approximate surface area is 161 Å². The Kier molecular flexibility index (Phi) is 6.37. The van der Waals surface area contributed by atoms with E-state index in [1.165, 1.54) is 5.56 Å². The normalized spacial score (nSPS) is 15.5. The van der Waals surface area contributed by atoms with Crippen molar-refractivity contribution >= 4 is 11.4 Å². The number of likely N-dealkylation sites (N-methyl/N-ethyl adjacent to an activating group) is 1. The van der Waals surface area contributed by atoms with Gasteiger partial charge in [-0.25, -0.2) is 0 Å². The van der Waals surface area contributed by atoms with E-state index >= 15 is 0 Å². The molecule has 0 unspecified atom stereocenters. The van der Waals surface area contributed by atoms with Gasteiger partial charge in [-0.05, 0) is 48.4 Å². The molecule has 0 atom stereocenters. The number of rotatable bonds is 7. The van der Waals surface area contributed by atoms with Crippen LogP contribution in [0.5, 0.6) is 0 Å². The van der Waals surface area contributed by atoms with Gasteiger partial charge in [0.2, 0.25) is 0 Å². The predicted molar refractivity (Wildman–Crippen MR) is 113 cm³/mol. The topological polar surface area (TPSA) is 47.9 Å². The number of piperazine rings is 1. The molecule has 0 radical (unpaired) electrons. The van der Waals surface area contributed by atoms with Crippen LogP contribution in [-0.2, 0) is 13.1 Å². The smallest absolute Gasteiger partial charge is 0.106 e. The monoisotopic (exact) mass is 364 g/mol. The molecule has 1 saturated heterocycles. The predicted octanol–water partition coefficient (Wildman–Crippen LogP) is 4.09. The molecule has 3 rings (SSSR count). The van der Waals surface area contributed by atoms with E-state index in [0.29, 0.717) is 0 Å². The third kappa shape index (κ3) is 5.25. The van der Waals surface area contributed by atoms with Crippen molar-refractivity contribution in [3.8, 4) is 0 Å². The van der Waals surface area contributed by atoms with Crippen molar-refractivity contribution in [2.75, 3.05) is 38.5 Å². The summed E-state index contributed by atoms with van der Waals surface area (Å²) < 4.78 is 0. The Bertz CT molecular complexity index is 792. The lowest BCUT2D eigenvalue weighted by atomic mass is 10.1. The quantitative estimate of drug-likeness (QED) is 0.752. The van der Waals surface area contributed by atoms with Crippen molar-refractivity contribution in [3.63, 3.8) is 0 Å². The van der Waals surface area contributed by atoms with Crippen molar-refractivity contribution in [3.05, 3.63) is 76.2 Å². The number of hydrogen-bond acceptors (Lipinski definition) is 5. The first-order chi connectivity index (χ1) is 13.0. The van der Waals surface area contributed by atoms with Gasteiger partial charge in [0.1, 0.15) is 6.54 Å². The number of nitroso groups, excluding NO2 is 1. The van der Waals surface area contributed by atoms with Gasteiger partial charge in [-0.2, -0.15) is 4.91 Å². The van der Waals surface area contributed by atoms with Crippen LogP contribution in [0.4, 0.5) is 5.69 Å². The van der Waals surface area contributed by atoms with E-state index in [-0.39, 0.29) is 6.54 Å². The van der Waals surface area contributed by atoms with Gasteiger partial charge in [-0.3, -0.25) is 4.90 Å². The zero-order chi connectivity index (χ0) is 19.2. The first-order valence-corrected chi connectivity index (χ1v) is 9.40. The van der Waals surface area contributed by atoms with Crippen molar-refractivity contribution in [1.82, 2.24) is 9.80 Å². The molecule has 2 aromatic rings. The summed E-state index contributed by atoms with van der Waals surface area (Å²) >= 11 is 0. The molecule has 1 aliphatic rings. The molecule has 5 heteroatoms. The molecule has 0 spiro atoms. The van der Waals surface area contributed by atoms with E-state index in [0.717, 1.165) is 60.8 Å². The number of anilines is 1. The van der Waals surface area contributed by atoms with Crippen LogP contribution in [0.2, 0.25) is 0 Å². The average Bonchev–Trinajstić information content (AvgIpc) is 2.67. The van der Waals surface area contributed by atoms with Gasteiger partial charge in [-0.1, -0.05) is 42.1 Å². The summed E-state index contributed by atoms with van der Waals surface area (Å²) in [5, 5.41) is 6.34. The van der Waals surface area contributed by atoms with Gasteiger partial charge >= 0.3 is 0 Å². The van der Waals surface area contributed by atoms with Gasteiger partial charge in [-0.15, -0.1) is 0 Å². The SMILES string of the molecule is C=C(Nc1ccc(C)c(CN=O)c1)c1ccc(CN2CCN(C)CC2)cc1. The highest BCUT2D eigenvalue weighted by Crippen LogP contribution is 2.21. The summed E-state index contributed by atoms with van der Waals surface area (Å²) in [6.45, 7) is 11.8. The fraction of sp³-hybridized carbons (Fsp3) is 0.364. The van der Waals surface area contributed by atoms with E-state index in [2.05, 4.69) is 58.2 Å². The zero-order valence-corrected chi connectivity index (χ0v) is 16.2. The molecule has 0 aliphatic carbocycles. The summed E-state index contributed by atoms with van der Waals surface area (Å²) in [6.07, 6.45) is 0. The lowest BCUT2D eigenvalue weighted by molar-refractivity contribution is 0.148. The number of benzene rings is 2. The molecule has 0 bridgehead atoms. The van der Waals surface area contributed by atoms with Crippen LogP contribution >= 0.6 is 0 Å². The van der Waals surface area contributed by atoms with Crippen LogP contribution in [0.1, 0.15) is 22.3 Å². The maximum atomic E-state index is 10.6. The van der Waals surface area contributed by atoms with E-state index in [4.69, 9.17) is 0 Å². The Morgan fingerprint density at radius 2 is 1.81 bits per heavy atom. The molecule has 0 saturated carbocycles. The van der Waals surface area contributed by atoms with Gasteiger partial charge in [0.05, 0.1) is 0 Å². The Hall–Kier alpha value is -2.50. The van der Waals surface area contributed by atoms with Gasteiger partial charge in [0, 0.05) is 44.1 Å². The number of nitrogens with zero attached hydrogens (tertiary/aromatic N) is 3. The summed E-state index contributed by atoms with van der Waals surface area (Å²) in [6, 6.07) is 14.5. The molecule has 0 amide bonds. The van der Waals surface area contributed by atoms with Crippen LogP contribution < -0.4 is 5.32 Å². The van der Waals surface area contributed by atoms with Crippen LogP contribution in [0.25, 0.3) is 5.70 Å². The Morgan fingerprint density at radius 3 is 2.48 bits per heavy atom. The second kappa shape index (κ2) is 8.93. The highest BCUT2D eigenvalue weighted by molar-refractivity contribution is 5.75. The molecular formula is C22H28N4O. The minimum Gasteiger partial charge on any atom is -0.356 e. The van der Waals surface area contributed by atoms with E-state index in [1.54, 1.807) is 0 Å². The summed E-state index contributed by atoms with van der Waals surface area (Å²) in [4.78, 5) is 15.4. The minimum atomic E-state index is 0.189. The fourth-order valence-electron chi connectivity index (χ4n) is 3.31. The van der Waals surface area contributed by atoms with Crippen LogP contribution in [0.3, 0.4) is 0 Å². The number of hydrogen-bond donors (Lipinski definition) is 1. The molecule has 1 N–H and O–H groups in total. The second-order valence-electron chi connectivity index (χ2n) is 7.31. The highest BCUT2D eigenvalue weighted by atomic mass is 16.3. The van der Waals surface area contributed by atoms with Crippen molar-refractivity contribution < 1.29 is 0 Å². The molecule has 2 aromatic carbocycles. The highest BCUT2D eigenvalue weighted by Gasteiger charge is 2.13. The largest absolute Gasteiger partial charge is 0.356 e. The maximum absolute atomic E-state index is 10.6. The Morgan fingerprint density at radius 1 is 1.11 bits per heavy atom. The number of nitrogens with one attached hydrogen (secondary N) is 1. The molecular weight excluding hydrogens is 336 g/mol. The first kappa shape index (κ1) is 19.3. The minimum absolute atomic E-state index is 0.189. The molecule has 142 valence electrons.